The molecule has 0 aliphatic carbocycles. The molecule has 1 aromatic carbocycles. The van der Waals surface area contributed by atoms with Gasteiger partial charge < -0.3 is 15.2 Å². The van der Waals surface area contributed by atoms with Crippen molar-refractivity contribution in [3.05, 3.63) is 29.6 Å². The van der Waals surface area contributed by atoms with Crippen molar-refractivity contribution in [3.63, 3.8) is 0 Å². The van der Waals surface area contributed by atoms with Crippen LogP contribution in [-0.2, 0) is 6.54 Å². The van der Waals surface area contributed by atoms with Gasteiger partial charge in [-0.3, -0.25) is 0 Å². The van der Waals surface area contributed by atoms with Gasteiger partial charge in [-0.05, 0) is 40.7 Å². The van der Waals surface area contributed by atoms with E-state index in [1.165, 1.54) is 6.07 Å². The van der Waals surface area contributed by atoms with E-state index in [9.17, 15) is 9.50 Å². The third-order valence-electron chi connectivity index (χ3n) is 2.82. The molecule has 0 amide bonds. The molecule has 0 heterocycles. The quantitative estimate of drug-likeness (QED) is 0.842. The molecule has 0 unspecified atom stereocenters. The SMILES string of the molecule is CC(C)(O)CCOc1c(F)cccc1CNC(C)(C)C. The number of para-hydroxylation sites is 1. The number of hydrogen-bond acceptors (Lipinski definition) is 3. The van der Waals surface area contributed by atoms with Crippen molar-refractivity contribution < 1.29 is 14.2 Å². The second-order valence-corrected chi connectivity index (χ2v) is 6.74. The highest BCUT2D eigenvalue weighted by molar-refractivity contribution is 5.35. The minimum atomic E-state index is -0.810. The molecule has 114 valence electrons. The number of ether oxygens (including phenoxy) is 1. The van der Waals surface area contributed by atoms with Crippen LogP contribution in [0.25, 0.3) is 0 Å². The first-order valence-corrected chi connectivity index (χ1v) is 6.96. The Morgan fingerprint density at radius 3 is 2.40 bits per heavy atom. The average Bonchev–Trinajstić information content (AvgIpc) is 2.26. The highest BCUT2D eigenvalue weighted by atomic mass is 19.1. The Hall–Kier alpha value is -1.13. The predicted octanol–water partition coefficient (Wildman–Crippen LogP) is 3.25. The fourth-order valence-corrected chi connectivity index (χ4v) is 1.62. The fourth-order valence-electron chi connectivity index (χ4n) is 1.62. The van der Waals surface area contributed by atoms with Crippen molar-refractivity contribution in [1.29, 1.82) is 0 Å². The summed E-state index contributed by atoms with van der Waals surface area (Å²) in [5, 5.41) is 13.0. The average molecular weight is 283 g/mol. The minimum Gasteiger partial charge on any atom is -0.490 e. The van der Waals surface area contributed by atoms with Gasteiger partial charge in [-0.1, -0.05) is 12.1 Å². The van der Waals surface area contributed by atoms with Crippen molar-refractivity contribution in [1.82, 2.24) is 5.32 Å². The van der Waals surface area contributed by atoms with Crippen molar-refractivity contribution >= 4 is 0 Å². The van der Waals surface area contributed by atoms with E-state index in [2.05, 4.69) is 26.1 Å². The fraction of sp³-hybridized carbons (Fsp3) is 0.625. The molecule has 0 aliphatic heterocycles. The standard InChI is InChI=1S/C16H26FNO2/c1-15(2,3)18-11-12-7-6-8-13(17)14(12)20-10-9-16(4,5)19/h6-8,18-19H,9-11H2,1-5H3. The molecule has 4 heteroatoms. The molecule has 0 atom stereocenters. The number of nitrogens with one attached hydrogen (secondary N) is 1. The van der Waals surface area contributed by atoms with Crippen molar-refractivity contribution in [2.75, 3.05) is 6.61 Å². The Morgan fingerprint density at radius 1 is 1.20 bits per heavy atom. The molecule has 1 rings (SSSR count). The topological polar surface area (TPSA) is 41.5 Å². The van der Waals surface area contributed by atoms with Crippen LogP contribution in [0.5, 0.6) is 5.75 Å². The summed E-state index contributed by atoms with van der Waals surface area (Å²) in [6, 6.07) is 4.92. The van der Waals surface area contributed by atoms with E-state index in [-0.39, 0.29) is 23.7 Å². The summed E-state index contributed by atoms with van der Waals surface area (Å²) in [4.78, 5) is 0. The molecule has 20 heavy (non-hydrogen) atoms. The zero-order valence-electron chi connectivity index (χ0n) is 13.1. The highest BCUT2D eigenvalue weighted by Crippen LogP contribution is 2.24. The van der Waals surface area contributed by atoms with E-state index in [1.54, 1.807) is 19.9 Å². The van der Waals surface area contributed by atoms with Gasteiger partial charge in [0.2, 0.25) is 0 Å². The third-order valence-corrected chi connectivity index (χ3v) is 2.82. The van der Waals surface area contributed by atoms with Crippen molar-refractivity contribution in [2.24, 2.45) is 0 Å². The van der Waals surface area contributed by atoms with Crippen LogP contribution in [0.4, 0.5) is 4.39 Å². The van der Waals surface area contributed by atoms with Crippen LogP contribution in [0, 0.1) is 5.82 Å². The molecule has 0 aromatic heterocycles. The van der Waals surface area contributed by atoms with Crippen LogP contribution in [0.2, 0.25) is 0 Å². The first-order valence-electron chi connectivity index (χ1n) is 6.96. The molecular formula is C16H26FNO2. The Kier molecular flexibility index (Phi) is 5.54. The number of aliphatic hydroxyl groups is 1. The molecule has 0 bridgehead atoms. The molecule has 0 radical (unpaired) electrons. The summed E-state index contributed by atoms with van der Waals surface area (Å²) in [5.74, 6) is -0.0949. The smallest absolute Gasteiger partial charge is 0.165 e. The Balaban J connectivity index is 2.73. The Bertz CT molecular complexity index is 433. The summed E-state index contributed by atoms with van der Waals surface area (Å²) >= 11 is 0. The summed E-state index contributed by atoms with van der Waals surface area (Å²) in [5.41, 5.74) is -0.0677. The van der Waals surface area contributed by atoms with Crippen LogP contribution in [0.3, 0.4) is 0 Å². The largest absolute Gasteiger partial charge is 0.490 e. The van der Waals surface area contributed by atoms with Crippen LogP contribution >= 0.6 is 0 Å². The highest BCUT2D eigenvalue weighted by Gasteiger charge is 2.16. The maximum absolute atomic E-state index is 13.9. The maximum atomic E-state index is 13.9. The van der Waals surface area contributed by atoms with Gasteiger partial charge in [0.15, 0.2) is 11.6 Å². The van der Waals surface area contributed by atoms with E-state index < -0.39 is 5.60 Å². The Labute approximate surface area is 121 Å². The molecule has 2 N–H and O–H groups in total. The van der Waals surface area contributed by atoms with Gasteiger partial charge in [0.05, 0.1) is 12.2 Å². The van der Waals surface area contributed by atoms with Crippen LogP contribution < -0.4 is 10.1 Å². The molecule has 0 fully saturated rings. The second-order valence-electron chi connectivity index (χ2n) is 6.74. The number of rotatable bonds is 6. The van der Waals surface area contributed by atoms with Gasteiger partial charge in [0.1, 0.15) is 0 Å². The van der Waals surface area contributed by atoms with E-state index in [0.717, 1.165) is 5.56 Å². The first kappa shape index (κ1) is 16.9. The third kappa shape index (κ3) is 6.35. The van der Waals surface area contributed by atoms with E-state index in [1.807, 2.05) is 6.07 Å². The second kappa shape index (κ2) is 6.55. The normalized spacial score (nSPS) is 12.6. The summed E-state index contributed by atoms with van der Waals surface area (Å²) in [6.45, 7) is 10.4. The number of halogens is 1. The predicted molar refractivity (Wildman–Crippen MR) is 79.4 cm³/mol. The van der Waals surface area contributed by atoms with E-state index in [0.29, 0.717) is 13.0 Å². The monoisotopic (exact) mass is 283 g/mol. The zero-order valence-corrected chi connectivity index (χ0v) is 13.1. The lowest BCUT2D eigenvalue weighted by Gasteiger charge is -2.22. The van der Waals surface area contributed by atoms with Crippen molar-refractivity contribution in [3.8, 4) is 5.75 Å². The lowest BCUT2D eigenvalue weighted by Crippen LogP contribution is -2.35. The summed E-state index contributed by atoms with van der Waals surface area (Å²) in [6.07, 6.45) is 0.452. The molecular weight excluding hydrogens is 257 g/mol. The van der Waals surface area contributed by atoms with Gasteiger partial charge in [-0.2, -0.15) is 0 Å². The maximum Gasteiger partial charge on any atom is 0.165 e. The lowest BCUT2D eigenvalue weighted by atomic mass is 10.1. The van der Waals surface area contributed by atoms with Gasteiger partial charge in [-0.25, -0.2) is 4.39 Å². The minimum absolute atomic E-state index is 0.0450. The number of hydrogen-bond donors (Lipinski definition) is 2. The zero-order chi connectivity index (χ0) is 15.4. The summed E-state index contributed by atoms with van der Waals surface area (Å²) < 4.78 is 19.4. The molecule has 3 nitrogen and oxygen atoms in total. The molecule has 1 aromatic rings. The first-order chi connectivity index (χ1) is 9.08. The molecule has 0 aliphatic rings. The Morgan fingerprint density at radius 2 is 1.85 bits per heavy atom. The van der Waals surface area contributed by atoms with Gasteiger partial charge in [0, 0.05) is 24.1 Å². The number of benzene rings is 1. The van der Waals surface area contributed by atoms with Crippen molar-refractivity contribution in [2.45, 2.75) is 58.7 Å². The van der Waals surface area contributed by atoms with E-state index >= 15 is 0 Å². The lowest BCUT2D eigenvalue weighted by molar-refractivity contribution is 0.0545. The molecule has 0 spiro atoms. The van der Waals surface area contributed by atoms with Gasteiger partial charge in [-0.15, -0.1) is 0 Å². The van der Waals surface area contributed by atoms with Crippen LogP contribution in [0.15, 0.2) is 18.2 Å². The summed E-state index contributed by atoms with van der Waals surface area (Å²) in [7, 11) is 0. The molecule has 0 saturated carbocycles. The van der Waals surface area contributed by atoms with Crippen LogP contribution in [0.1, 0.15) is 46.6 Å². The van der Waals surface area contributed by atoms with E-state index in [4.69, 9.17) is 4.74 Å². The van der Waals surface area contributed by atoms with Gasteiger partial charge in [0.25, 0.3) is 0 Å². The van der Waals surface area contributed by atoms with Crippen LogP contribution in [-0.4, -0.2) is 22.9 Å². The van der Waals surface area contributed by atoms with Gasteiger partial charge >= 0.3 is 0 Å². The molecule has 0 saturated heterocycles.